The fraction of sp³-hybridized carbons (Fsp3) is 0.136. The van der Waals surface area contributed by atoms with Crippen LogP contribution in [0.3, 0.4) is 0 Å². The van der Waals surface area contributed by atoms with Gasteiger partial charge >= 0.3 is 0 Å². The van der Waals surface area contributed by atoms with Gasteiger partial charge in [-0.1, -0.05) is 12.1 Å². The second-order valence-electron chi connectivity index (χ2n) is 6.80. The van der Waals surface area contributed by atoms with Crippen LogP contribution in [0.25, 0.3) is 16.9 Å². The molecule has 0 saturated heterocycles. The molecule has 0 bridgehead atoms. The third-order valence-electron chi connectivity index (χ3n) is 4.71. The largest absolute Gasteiger partial charge is 0.495 e. The van der Waals surface area contributed by atoms with Crippen LogP contribution in [-0.2, 0) is 6.54 Å². The van der Waals surface area contributed by atoms with Crippen LogP contribution in [0.2, 0.25) is 0 Å². The van der Waals surface area contributed by atoms with Gasteiger partial charge in [0.1, 0.15) is 11.6 Å². The highest BCUT2D eigenvalue weighted by Gasteiger charge is 2.13. The molecule has 0 aliphatic rings. The fourth-order valence-corrected chi connectivity index (χ4v) is 3.07. The normalized spacial score (nSPS) is 10.9. The number of anilines is 1. The molecule has 158 valence electrons. The van der Waals surface area contributed by atoms with E-state index in [-0.39, 0.29) is 12.1 Å². The first-order chi connectivity index (χ1) is 15.0. The van der Waals surface area contributed by atoms with Gasteiger partial charge in [-0.05, 0) is 37.3 Å². The molecule has 9 heteroatoms. The summed E-state index contributed by atoms with van der Waals surface area (Å²) in [5.41, 5.74) is 3.12. The molecule has 2 heterocycles. The van der Waals surface area contributed by atoms with Crippen LogP contribution in [0.1, 0.15) is 11.3 Å². The number of imidazole rings is 1. The number of halogens is 3. The van der Waals surface area contributed by atoms with E-state index in [1.54, 1.807) is 25.6 Å². The monoisotopic (exact) mass is 425 g/mol. The summed E-state index contributed by atoms with van der Waals surface area (Å²) in [6.07, 6.45) is 3.61. The lowest BCUT2D eigenvalue weighted by atomic mass is 10.1. The Hall–Kier alpha value is -3.88. The van der Waals surface area contributed by atoms with E-state index in [0.717, 1.165) is 23.0 Å². The van der Waals surface area contributed by atoms with Gasteiger partial charge in [-0.3, -0.25) is 0 Å². The SMILES string of the molecule is COc1cc(-c2ccc(NCc3ccc(F)c(F)c3F)nn2)ccc1-n1cnc(C)c1. The predicted octanol–water partition coefficient (Wildman–Crippen LogP) is 4.68. The number of nitrogens with one attached hydrogen (secondary N) is 1. The zero-order valence-electron chi connectivity index (χ0n) is 16.7. The number of rotatable bonds is 6. The Kier molecular flexibility index (Phi) is 5.57. The second kappa shape index (κ2) is 8.47. The van der Waals surface area contributed by atoms with Crippen molar-refractivity contribution in [2.45, 2.75) is 13.5 Å². The van der Waals surface area contributed by atoms with Crippen LogP contribution >= 0.6 is 0 Å². The van der Waals surface area contributed by atoms with E-state index in [9.17, 15) is 13.2 Å². The molecule has 6 nitrogen and oxygen atoms in total. The van der Waals surface area contributed by atoms with Crippen molar-refractivity contribution in [3.8, 4) is 22.7 Å². The van der Waals surface area contributed by atoms with Gasteiger partial charge in [0.05, 0.1) is 30.5 Å². The van der Waals surface area contributed by atoms with E-state index in [0.29, 0.717) is 17.3 Å². The summed E-state index contributed by atoms with van der Waals surface area (Å²) in [6.45, 7) is 1.84. The van der Waals surface area contributed by atoms with Gasteiger partial charge in [-0.15, -0.1) is 10.2 Å². The molecule has 0 atom stereocenters. The summed E-state index contributed by atoms with van der Waals surface area (Å²) in [5.74, 6) is -2.94. The molecular formula is C22H18F3N5O. The Balaban J connectivity index is 1.51. The summed E-state index contributed by atoms with van der Waals surface area (Å²) in [4.78, 5) is 4.23. The van der Waals surface area contributed by atoms with E-state index in [1.807, 2.05) is 35.9 Å². The highest BCUT2D eigenvalue weighted by Crippen LogP contribution is 2.29. The molecule has 0 radical (unpaired) electrons. The Labute approximate surface area is 176 Å². The molecule has 31 heavy (non-hydrogen) atoms. The zero-order valence-corrected chi connectivity index (χ0v) is 16.7. The zero-order chi connectivity index (χ0) is 22.0. The molecule has 0 unspecified atom stereocenters. The minimum atomic E-state index is -1.50. The minimum Gasteiger partial charge on any atom is -0.495 e. The standard InChI is InChI=1S/C22H18F3N5O/c1-13-11-30(12-27-13)18-7-4-14(9-19(18)31-2)17-6-8-20(29-28-17)26-10-15-3-5-16(23)22(25)21(15)24/h3-9,11-12H,10H2,1-2H3,(H,26,29). The molecule has 0 fully saturated rings. The smallest absolute Gasteiger partial charge is 0.194 e. The van der Waals surface area contributed by atoms with Gasteiger partial charge in [0.2, 0.25) is 0 Å². The predicted molar refractivity (Wildman–Crippen MR) is 110 cm³/mol. The van der Waals surface area contributed by atoms with E-state index in [1.165, 1.54) is 6.07 Å². The van der Waals surface area contributed by atoms with Crippen LogP contribution in [-0.4, -0.2) is 26.9 Å². The van der Waals surface area contributed by atoms with E-state index in [4.69, 9.17) is 4.74 Å². The lowest BCUT2D eigenvalue weighted by molar-refractivity contribution is 0.413. The lowest BCUT2D eigenvalue weighted by Gasteiger charge is -2.11. The molecule has 0 saturated carbocycles. The fourth-order valence-electron chi connectivity index (χ4n) is 3.07. The van der Waals surface area contributed by atoms with Crippen LogP contribution in [0.5, 0.6) is 5.75 Å². The number of hydrogen-bond donors (Lipinski definition) is 1. The van der Waals surface area contributed by atoms with Crippen LogP contribution in [0, 0.1) is 24.4 Å². The summed E-state index contributed by atoms with van der Waals surface area (Å²) in [7, 11) is 1.59. The van der Waals surface area contributed by atoms with Gasteiger partial charge < -0.3 is 14.6 Å². The van der Waals surface area contributed by atoms with E-state index < -0.39 is 17.5 Å². The molecule has 4 rings (SSSR count). The van der Waals surface area contributed by atoms with Crippen molar-refractivity contribution in [3.63, 3.8) is 0 Å². The maximum Gasteiger partial charge on any atom is 0.194 e. The van der Waals surface area contributed by atoms with Gasteiger partial charge in [0.15, 0.2) is 17.5 Å². The van der Waals surface area contributed by atoms with Gasteiger partial charge in [0.25, 0.3) is 0 Å². The number of aryl methyl sites for hydroxylation is 1. The number of aromatic nitrogens is 4. The molecule has 0 aliphatic carbocycles. The van der Waals surface area contributed by atoms with Crippen molar-refractivity contribution >= 4 is 5.82 Å². The first-order valence-electron chi connectivity index (χ1n) is 9.35. The molecule has 4 aromatic rings. The third kappa shape index (κ3) is 4.20. The number of methoxy groups -OCH3 is 1. The Morgan fingerprint density at radius 1 is 1.00 bits per heavy atom. The topological polar surface area (TPSA) is 64.9 Å². The number of ether oxygens (including phenoxy) is 1. The molecule has 2 aromatic heterocycles. The highest BCUT2D eigenvalue weighted by molar-refractivity contribution is 5.65. The van der Waals surface area contributed by atoms with Crippen molar-refractivity contribution < 1.29 is 17.9 Å². The molecule has 1 N–H and O–H groups in total. The lowest BCUT2D eigenvalue weighted by Crippen LogP contribution is -2.06. The van der Waals surface area contributed by atoms with Crippen molar-refractivity contribution in [3.05, 3.63) is 83.7 Å². The first-order valence-corrected chi connectivity index (χ1v) is 9.35. The van der Waals surface area contributed by atoms with E-state index >= 15 is 0 Å². The van der Waals surface area contributed by atoms with Crippen molar-refractivity contribution in [2.24, 2.45) is 0 Å². The summed E-state index contributed by atoms with van der Waals surface area (Å²) >= 11 is 0. The average molecular weight is 425 g/mol. The van der Waals surface area contributed by atoms with Crippen molar-refractivity contribution in [2.75, 3.05) is 12.4 Å². The maximum absolute atomic E-state index is 13.8. The van der Waals surface area contributed by atoms with Crippen molar-refractivity contribution in [1.29, 1.82) is 0 Å². The average Bonchev–Trinajstić information content (AvgIpc) is 3.23. The molecular weight excluding hydrogens is 407 g/mol. The van der Waals surface area contributed by atoms with Crippen LogP contribution < -0.4 is 10.1 Å². The van der Waals surface area contributed by atoms with Crippen LogP contribution in [0.15, 0.2) is 55.0 Å². The van der Waals surface area contributed by atoms with Crippen molar-refractivity contribution in [1.82, 2.24) is 19.7 Å². The highest BCUT2D eigenvalue weighted by atomic mass is 19.2. The van der Waals surface area contributed by atoms with Gasteiger partial charge in [0, 0.05) is 23.9 Å². The minimum absolute atomic E-state index is 0.0140. The third-order valence-corrected chi connectivity index (χ3v) is 4.71. The number of hydrogen-bond acceptors (Lipinski definition) is 5. The van der Waals surface area contributed by atoms with Gasteiger partial charge in [-0.2, -0.15) is 0 Å². The number of nitrogens with zero attached hydrogens (tertiary/aromatic N) is 4. The molecule has 0 spiro atoms. The number of benzene rings is 2. The van der Waals surface area contributed by atoms with E-state index in [2.05, 4.69) is 20.5 Å². The quantitative estimate of drug-likeness (QED) is 0.455. The molecule has 0 aliphatic heterocycles. The Morgan fingerprint density at radius 3 is 2.52 bits per heavy atom. The maximum atomic E-state index is 13.8. The second-order valence-corrected chi connectivity index (χ2v) is 6.80. The summed E-state index contributed by atoms with van der Waals surface area (Å²) < 4.78 is 47.5. The summed E-state index contributed by atoms with van der Waals surface area (Å²) in [6, 6.07) is 11.1. The first kappa shape index (κ1) is 20.4. The van der Waals surface area contributed by atoms with Gasteiger partial charge in [-0.25, -0.2) is 18.2 Å². The summed E-state index contributed by atoms with van der Waals surface area (Å²) in [5, 5.41) is 11.1. The molecule has 2 aromatic carbocycles. The Bertz CT molecular complexity index is 1220. The molecule has 0 amide bonds. The van der Waals surface area contributed by atoms with Crippen LogP contribution in [0.4, 0.5) is 19.0 Å². The Morgan fingerprint density at radius 2 is 1.84 bits per heavy atom.